The number of aliphatic hydroxyl groups is 1. The van der Waals surface area contributed by atoms with Gasteiger partial charge in [-0.15, -0.1) is 0 Å². The lowest BCUT2D eigenvalue weighted by atomic mass is 9.64. The van der Waals surface area contributed by atoms with E-state index in [0.29, 0.717) is 30.2 Å². The fraction of sp³-hybridized carbons (Fsp3) is 0.452. The lowest BCUT2D eigenvalue weighted by Gasteiger charge is -2.48. The van der Waals surface area contributed by atoms with Gasteiger partial charge < -0.3 is 34.6 Å². The van der Waals surface area contributed by atoms with Crippen LogP contribution in [0, 0.1) is 17.3 Å². The lowest BCUT2D eigenvalue weighted by Crippen LogP contribution is -2.50. The fourth-order valence-corrected chi connectivity index (χ4v) is 14.9. The highest BCUT2D eigenvalue weighted by molar-refractivity contribution is 6.23. The van der Waals surface area contributed by atoms with Crippen molar-refractivity contribution in [2.45, 2.75) is 137 Å². The van der Waals surface area contributed by atoms with E-state index in [1.807, 2.05) is 80.6 Å². The zero-order valence-corrected chi connectivity index (χ0v) is 52.0. The van der Waals surface area contributed by atoms with Gasteiger partial charge in [0.25, 0.3) is 5.91 Å². The van der Waals surface area contributed by atoms with E-state index in [1.54, 1.807) is 11.9 Å². The van der Waals surface area contributed by atoms with Crippen molar-refractivity contribution >= 4 is 46.2 Å². The summed E-state index contributed by atoms with van der Waals surface area (Å²) in [4.78, 5) is 66.7. The average molecular weight is 1160 g/mol. The van der Waals surface area contributed by atoms with Crippen molar-refractivity contribution in [2.24, 2.45) is 10.4 Å². The van der Waals surface area contributed by atoms with E-state index in [2.05, 4.69) is 92.4 Å². The molecule has 0 saturated carbocycles. The summed E-state index contributed by atoms with van der Waals surface area (Å²) in [5, 5.41) is 16.8. The van der Waals surface area contributed by atoms with Crippen LogP contribution in [0.2, 0.25) is 0 Å². The smallest absolute Gasteiger partial charge is 0.254 e. The molecule has 13 nitrogen and oxygen atoms in total. The Morgan fingerprint density at radius 2 is 1.52 bits per heavy atom. The Balaban J connectivity index is 0.729. The molecule has 2 aliphatic carbocycles. The summed E-state index contributed by atoms with van der Waals surface area (Å²) in [6, 6.07) is 30.9. The molecule has 4 heterocycles. The number of nitrogens with zero attached hydrogens (tertiary/aromatic N) is 5. The van der Waals surface area contributed by atoms with Crippen LogP contribution in [0.1, 0.15) is 172 Å². The quantitative estimate of drug-likeness (QED) is 0.0382. The number of hydrogen-bond donors (Lipinski definition) is 2. The zero-order chi connectivity index (χ0) is 60.7. The third kappa shape index (κ3) is 11.8. The number of aliphatic hydroxyl groups excluding tert-OH is 1. The van der Waals surface area contributed by atoms with E-state index >= 15 is 0 Å². The molecule has 5 aromatic carbocycles. The summed E-state index contributed by atoms with van der Waals surface area (Å²) in [5.74, 6) is 6.03. The second-order valence-corrected chi connectivity index (χ2v) is 26.4. The van der Waals surface area contributed by atoms with Crippen LogP contribution in [0.3, 0.4) is 0 Å². The molecule has 6 aliphatic rings. The molecule has 13 heteroatoms. The van der Waals surface area contributed by atoms with Crippen LogP contribution >= 0.6 is 0 Å². The standard InChI is InChI=1S/C73H84N6O7/c1-10-79-61-41-58-56(40-55(61)47(2)42-72(79,5)6)66(57-39-50-22-17-33-77-34-18-25-54(69(50)77)68(57)73(58,7)8)52-23-14-15-24-53(52)70(84)76(9)46-64(82)75-32-36-86-38-37-85-35-30-59(67-62(80)43-71(3,4)44-63(67)81)74-31-29-65(83)78-45-51-21-12-11-19-48(51)27-28-49-20-13-16-26-60(49)78/h11-16,19-21,23-24,26,39-41,47H,10,17-18,22,25,29-38,42-46H2,1-9H3,(H-,74,75,80,81,82)/p+1. The zero-order valence-electron chi connectivity index (χ0n) is 52.0. The van der Waals surface area contributed by atoms with Gasteiger partial charge in [-0.25, -0.2) is 4.58 Å². The van der Waals surface area contributed by atoms with Crippen molar-refractivity contribution in [3.63, 3.8) is 0 Å². The summed E-state index contributed by atoms with van der Waals surface area (Å²) in [6.07, 6.45) is 6.29. The molecule has 11 rings (SSSR count). The summed E-state index contributed by atoms with van der Waals surface area (Å²) in [6.45, 7) is 22.7. The molecule has 1 atom stereocenters. The highest BCUT2D eigenvalue weighted by atomic mass is 16.5. The lowest BCUT2D eigenvalue weighted by molar-refractivity contribution is -0.122. The maximum Gasteiger partial charge on any atom is 0.254 e. The van der Waals surface area contributed by atoms with E-state index in [1.165, 1.54) is 54.5 Å². The first-order valence-electron chi connectivity index (χ1n) is 31.3. The Kier molecular flexibility index (Phi) is 17.2. The number of ether oxygens (including phenoxy) is 2. The number of ketones is 1. The predicted octanol–water partition coefficient (Wildman–Crippen LogP) is 9.66. The number of allylic oxidation sites excluding steroid dienone is 2. The van der Waals surface area contributed by atoms with Crippen molar-refractivity contribution in [1.29, 1.82) is 0 Å². The van der Waals surface area contributed by atoms with Gasteiger partial charge in [0.2, 0.25) is 17.2 Å². The second-order valence-electron chi connectivity index (χ2n) is 26.4. The van der Waals surface area contributed by atoms with Crippen molar-refractivity contribution in [3.8, 4) is 11.8 Å². The van der Waals surface area contributed by atoms with Crippen molar-refractivity contribution < 1.29 is 33.8 Å². The van der Waals surface area contributed by atoms with Crippen LogP contribution in [-0.4, -0.2) is 118 Å². The number of amides is 3. The van der Waals surface area contributed by atoms with Crippen molar-refractivity contribution in [1.82, 2.24) is 14.8 Å². The number of aryl methyl sites for hydroxylation is 1. The highest BCUT2D eigenvalue weighted by Gasteiger charge is 2.43. The average Bonchev–Trinajstić information content (AvgIpc) is 1.37. The first-order valence-corrected chi connectivity index (χ1v) is 31.3. The summed E-state index contributed by atoms with van der Waals surface area (Å²) >= 11 is 0. The molecule has 4 aliphatic heterocycles. The molecule has 1 unspecified atom stereocenters. The van der Waals surface area contributed by atoms with Gasteiger partial charge in [0.15, 0.2) is 5.78 Å². The maximum atomic E-state index is 14.9. The molecular formula is C73H85N6O7+. The molecule has 2 N–H and O–H groups in total. The van der Waals surface area contributed by atoms with Crippen molar-refractivity contribution in [3.05, 3.63) is 174 Å². The molecule has 0 bridgehead atoms. The second kappa shape index (κ2) is 24.6. The number of anilines is 2. The first-order chi connectivity index (χ1) is 41.3. The van der Waals surface area contributed by atoms with Crippen LogP contribution < -0.4 is 30.3 Å². The number of Topliss-reactive ketones (excluding diaryl/α,β-unsaturated/α-hetero) is 1. The van der Waals surface area contributed by atoms with Gasteiger partial charge in [-0.3, -0.25) is 24.2 Å². The minimum absolute atomic E-state index is 0.00826. The fourth-order valence-electron chi connectivity index (χ4n) is 14.9. The van der Waals surface area contributed by atoms with Crippen LogP contribution in [-0.2, 0) is 48.7 Å². The SMILES string of the molecule is CCN1c2cc3c(cc2C(C)CC1(C)C)C(c1ccccc1C(=O)N(C)CC(=O)NCCOCCOCCC(=NCCC(=O)N1Cc2ccccc2C#Cc2ccccc21)C1=C(O)CC(C)(C)CC1=O)=c1cc2c4c(c1C3(C)C)CCC[N+]=4CCC2. The number of aliphatic imine (C=N–C) groups is 1. The third-order valence-electron chi connectivity index (χ3n) is 18.7. The van der Waals surface area contributed by atoms with Crippen LogP contribution in [0.5, 0.6) is 0 Å². The monoisotopic (exact) mass is 1160 g/mol. The highest BCUT2D eigenvalue weighted by Crippen LogP contribution is 2.50. The molecule has 5 aromatic rings. The normalized spacial score (nSPS) is 18.7. The van der Waals surface area contributed by atoms with Gasteiger partial charge in [-0.1, -0.05) is 95.0 Å². The Labute approximate surface area is 507 Å². The summed E-state index contributed by atoms with van der Waals surface area (Å²) in [5.41, 5.74) is 15.2. The molecular weight excluding hydrogens is 1070 g/mol. The first kappa shape index (κ1) is 60.0. The van der Waals surface area contributed by atoms with Gasteiger partial charge in [0.05, 0.1) is 56.5 Å². The minimum Gasteiger partial charge on any atom is -0.511 e. The van der Waals surface area contributed by atoms with Gasteiger partial charge in [0, 0.05) is 110 Å². The largest absolute Gasteiger partial charge is 0.511 e. The Bertz CT molecular complexity index is 3810. The number of benzene rings is 5. The number of rotatable bonds is 18. The van der Waals surface area contributed by atoms with Gasteiger partial charge in [-0.05, 0) is 138 Å². The van der Waals surface area contributed by atoms with E-state index in [9.17, 15) is 24.3 Å². The van der Waals surface area contributed by atoms with Crippen LogP contribution in [0.15, 0.2) is 107 Å². The number of fused-ring (bicyclic) bond motifs is 6. The van der Waals surface area contributed by atoms with E-state index in [4.69, 9.17) is 14.5 Å². The number of para-hydroxylation sites is 1. The number of nitrogens with one attached hydrogen (secondary N) is 1. The number of likely N-dealkylation sites (N-methyl/N-ethyl adjacent to an activating group) is 1. The number of hydrogen-bond acceptors (Lipinski definition) is 9. The minimum atomic E-state index is -0.391. The van der Waals surface area contributed by atoms with E-state index < -0.39 is 5.41 Å². The molecule has 0 spiro atoms. The summed E-state index contributed by atoms with van der Waals surface area (Å²) in [7, 11) is 1.70. The molecule has 448 valence electrons. The molecule has 0 aromatic heterocycles. The van der Waals surface area contributed by atoms with Crippen LogP contribution in [0.4, 0.5) is 11.4 Å². The van der Waals surface area contributed by atoms with Crippen molar-refractivity contribution in [2.75, 3.05) is 82.5 Å². The molecule has 0 saturated heterocycles. The topological polar surface area (TPSA) is 144 Å². The Hall–Kier alpha value is -7.66. The van der Waals surface area contributed by atoms with Gasteiger partial charge in [-0.2, -0.15) is 0 Å². The van der Waals surface area contributed by atoms with E-state index in [0.717, 1.165) is 85.3 Å². The summed E-state index contributed by atoms with van der Waals surface area (Å²) < 4.78 is 14.5. The molecule has 0 fully saturated rings. The maximum absolute atomic E-state index is 14.9. The predicted molar refractivity (Wildman–Crippen MR) is 341 cm³/mol. The van der Waals surface area contributed by atoms with Gasteiger partial charge >= 0.3 is 0 Å². The molecule has 86 heavy (non-hydrogen) atoms. The molecule has 0 radical (unpaired) electrons. The van der Waals surface area contributed by atoms with E-state index in [-0.39, 0.29) is 111 Å². The number of carbonyl (C=O) groups is 4. The number of carbonyl (C=O) groups excluding carboxylic acids is 4. The Morgan fingerprint density at radius 3 is 2.30 bits per heavy atom. The third-order valence-corrected chi connectivity index (χ3v) is 18.7. The molecule has 3 amide bonds. The Morgan fingerprint density at radius 1 is 0.814 bits per heavy atom. The van der Waals surface area contributed by atoms with Crippen LogP contribution in [0.25, 0.3) is 5.57 Å². The van der Waals surface area contributed by atoms with Gasteiger partial charge in [0.1, 0.15) is 18.8 Å².